The number of hydrogen-bond acceptors (Lipinski definition) is 5. The van der Waals surface area contributed by atoms with E-state index in [4.69, 9.17) is 4.74 Å². The van der Waals surface area contributed by atoms with Gasteiger partial charge in [0.2, 0.25) is 0 Å². The average Bonchev–Trinajstić information content (AvgIpc) is 3.06. The third kappa shape index (κ3) is 4.25. The molecule has 2 aliphatic heterocycles. The summed E-state index contributed by atoms with van der Waals surface area (Å²) in [6, 6.07) is 14.0. The molecule has 0 N–H and O–H groups in total. The van der Waals surface area contributed by atoms with Crippen LogP contribution in [0.2, 0.25) is 0 Å². The van der Waals surface area contributed by atoms with Crippen molar-refractivity contribution in [3.05, 3.63) is 42.5 Å². The van der Waals surface area contributed by atoms with Crippen LogP contribution in [-0.2, 0) is 14.6 Å². The molecule has 0 saturated carbocycles. The molecule has 4 rings (SSSR count). The van der Waals surface area contributed by atoms with Gasteiger partial charge < -0.3 is 9.64 Å². The summed E-state index contributed by atoms with van der Waals surface area (Å²) < 4.78 is 29.0. The zero-order valence-corrected chi connectivity index (χ0v) is 16.0. The van der Waals surface area contributed by atoms with Gasteiger partial charge in [-0.15, -0.1) is 0 Å². The predicted molar refractivity (Wildman–Crippen MR) is 105 cm³/mol. The van der Waals surface area contributed by atoms with Crippen LogP contribution in [0.1, 0.15) is 6.42 Å². The van der Waals surface area contributed by atoms with Gasteiger partial charge >= 0.3 is 0 Å². The summed E-state index contributed by atoms with van der Waals surface area (Å²) in [5, 5.41) is 2.23. The van der Waals surface area contributed by atoms with Gasteiger partial charge in [-0.1, -0.05) is 30.3 Å². The van der Waals surface area contributed by atoms with Crippen molar-refractivity contribution in [1.82, 2.24) is 9.80 Å². The molecule has 144 valence electrons. The number of nitrogens with zero attached hydrogens (tertiary/aromatic N) is 2. The van der Waals surface area contributed by atoms with Gasteiger partial charge in [0, 0.05) is 32.2 Å². The predicted octanol–water partition coefficient (Wildman–Crippen LogP) is 1.55. The molecular formula is C20H24N2O4S. The normalized spacial score (nSPS) is 22.8. The first kappa shape index (κ1) is 18.3. The summed E-state index contributed by atoms with van der Waals surface area (Å²) >= 11 is 0. The molecule has 2 aliphatic rings. The third-order valence-corrected chi connectivity index (χ3v) is 7.23. The van der Waals surface area contributed by atoms with Gasteiger partial charge in [0.05, 0.1) is 11.5 Å². The molecule has 0 aromatic heterocycles. The highest BCUT2D eigenvalue weighted by Gasteiger charge is 2.34. The van der Waals surface area contributed by atoms with Crippen LogP contribution in [-0.4, -0.2) is 74.5 Å². The van der Waals surface area contributed by atoms with E-state index in [1.807, 2.05) is 42.5 Å². The minimum Gasteiger partial charge on any atom is -0.484 e. The van der Waals surface area contributed by atoms with Gasteiger partial charge in [0.15, 0.2) is 16.4 Å². The molecule has 0 unspecified atom stereocenters. The van der Waals surface area contributed by atoms with Gasteiger partial charge in [-0.2, -0.15) is 0 Å². The molecule has 7 heteroatoms. The van der Waals surface area contributed by atoms with Crippen molar-refractivity contribution in [2.24, 2.45) is 0 Å². The lowest BCUT2D eigenvalue weighted by Crippen LogP contribution is -2.53. The highest BCUT2D eigenvalue weighted by Crippen LogP contribution is 2.21. The van der Waals surface area contributed by atoms with Crippen LogP contribution >= 0.6 is 0 Å². The zero-order valence-electron chi connectivity index (χ0n) is 15.2. The molecule has 6 nitrogen and oxygen atoms in total. The first-order valence-corrected chi connectivity index (χ1v) is 11.2. The second kappa shape index (κ2) is 7.48. The number of carbonyl (C=O) groups is 1. The second-order valence-corrected chi connectivity index (χ2v) is 9.50. The van der Waals surface area contributed by atoms with Crippen molar-refractivity contribution in [3.8, 4) is 5.75 Å². The minimum atomic E-state index is -2.87. The van der Waals surface area contributed by atoms with E-state index in [1.165, 1.54) is 0 Å². The zero-order chi connectivity index (χ0) is 18.9. The third-order valence-electron chi connectivity index (χ3n) is 5.48. The van der Waals surface area contributed by atoms with E-state index in [0.717, 1.165) is 23.9 Å². The first-order valence-electron chi connectivity index (χ1n) is 9.34. The molecule has 27 heavy (non-hydrogen) atoms. The topological polar surface area (TPSA) is 66.9 Å². The van der Waals surface area contributed by atoms with Crippen LogP contribution in [0.15, 0.2) is 42.5 Å². The molecule has 0 radical (unpaired) electrons. The summed E-state index contributed by atoms with van der Waals surface area (Å²) in [5.41, 5.74) is 0. The van der Waals surface area contributed by atoms with Crippen LogP contribution in [0.4, 0.5) is 0 Å². The van der Waals surface area contributed by atoms with Crippen molar-refractivity contribution in [2.45, 2.75) is 12.5 Å². The quantitative estimate of drug-likeness (QED) is 0.795. The van der Waals surface area contributed by atoms with Gasteiger partial charge in [-0.05, 0) is 29.3 Å². The molecule has 1 amide bonds. The van der Waals surface area contributed by atoms with Crippen LogP contribution in [0.3, 0.4) is 0 Å². The number of rotatable bonds is 4. The van der Waals surface area contributed by atoms with Crippen molar-refractivity contribution in [2.75, 3.05) is 44.3 Å². The van der Waals surface area contributed by atoms with E-state index in [0.29, 0.717) is 25.3 Å². The van der Waals surface area contributed by atoms with Gasteiger partial charge in [0.1, 0.15) is 5.75 Å². The summed E-state index contributed by atoms with van der Waals surface area (Å²) in [7, 11) is -2.87. The first-order chi connectivity index (χ1) is 13.0. The largest absolute Gasteiger partial charge is 0.484 e. The standard InChI is InChI=1S/C20H24N2O4S/c23-20(14-26-19-6-5-16-3-1-2-4-17(16)13-19)22-10-8-21(9-11-22)18-7-12-27(24,25)15-18/h1-6,13,18H,7-12,14-15H2/t18-/m0/s1. The lowest BCUT2D eigenvalue weighted by Gasteiger charge is -2.37. The number of hydrogen-bond donors (Lipinski definition) is 0. The van der Waals surface area contributed by atoms with Crippen LogP contribution in [0, 0.1) is 0 Å². The van der Waals surface area contributed by atoms with Crippen molar-refractivity contribution < 1.29 is 17.9 Å². The van der Waals surface area contributed by atoms with E-state index in [1.54, 1.807) is 4.90 Å². The Morgan fingerprint density at radius 3 is 2.48 bits per heavy atom. The molecule has 2 aromatic rings. The fourth-order valence-electron chi connectivity index (χ4n) is 3.89. The van der Waals surface area contributed by atoms with E-state index in [9.17, 15) is 13.2 Å². The Morgan fingerprint density at radius 1 is 1.04 bits per heavy atom. The van der Waals surface area contributed by atoms with Gasteiger partial charge in [-0.3, -0.25) is 9.69 Å². The molecule has 0 bridgehead atoms. The van der Waals surface area contributed by atoms with Crippen molar-refractivity contribution >= 4 is 26.5 Å². The maximum Gasteiger partial charge on any atom is 0.260 e. The number of amides is 1. The Morgan fingerprint density at radius 2 is 1.78 bits per heavy atom. The fourth-order valence-corrected chi connectivity index (χ4v) is 5.65. The van der Waals surface area contributed by atoms with Crippen molar-refractivity contribution in [3.63, 3.8) is 0 Å². The molecule has 2 saturated heterocycles. The van der Waals surface area contributed by atoms with Crippen molar-refractivity contribution in [1.29, 1.82) is 0 Å². The second-order valence-electron chi connectivity index (χ2n) is 7.27. The summed E-state index contributed by atoms with van der Waals surface area (Å²) in [6.07, 6.45) is 0.710. The molecular weight excluding hydrogens is 364 g/mol. The van der Waals surface area contributed by atoms with Gasteiger partial charge in [0.25, 0.3) is 5.91 Å². The number of ether oxygens (including phenoxy) is 1. The number of fused-ring (bicyclic) bond motifs is 1. The molecule has 2 aromatic carbocycles. The minimum absolute atomic E-state index is 0.0240. The van der Waals surface area contributed by atoms with Gasteiger partial charge in [-0.25, -0.2) is 8.42 Å². The Hall–Kier alpha value is -2.12. The molecule has 2 fully saturated rings. The molecule has 0 aliphatic carbocycles. The number of piperazine rings is 1. The highest BCUT2D eigenvalue weighted by atomic mass is 32.2. The summed E-state index contributed by atoms with van der Waals surface area (Å²) in [4.78, 5) is 16.5. The Kier molecular flexibility index (Phi) is 5.06. The number of carbonyl (C=O) groups excluding carboxylic acids is 1. The lowest BCUT2D eigenvalue weighted by atomic mass is 10.1. The Labute approximate surface area is 159 Å². The van der Waals surface area contributed by atoms with Crippen LogP contribution in [0.5, 0.6) is 5.75 Å². The van der Waals surface area contributed by atoms with E-state index >= 15 is 0 Å². The Balaban J connectivity index is 1.28. The average molecular weight is 388 g/mol. The van der Waals surface area contributed by atoms with E-state index in [2.05, 4.69) is 4.90 Å². The SMILES string of the molecule is O=C(COc1ccc2ccccc2c1)N1CCN([C@H]2CCS(=O)(=O)C2)CC1. The highest BCUT2D eigenvalue weighted by molar-refractivity contribution is 7.91. The maximum atomic E-state index is 12.5. The molecule has 2 heterocycles. The number of benzene rings is 2. The lowest BCUT2D eigenvalue weighted by molar-refractivity contribution is -0.135. The van der Waals surface area contributed by atoms with E-state index in [-0.39, 0.29) is 30.1 Å². The monoisotopic (exact) mass is 388 g/mol. The fraction of sp³-hybridized carbons (Fsp3) is 0.450. The number of sulfone groups is 1. The molecule has 1 atom stereocenters. The maximum absolute atomic E-state index is 12.5. The summed E-state index contributed by atoms with van der Waals surface area (Å²) in [6.45, 7) is 2.72. The van der Waals surface area contributed by atoms with E-state index < -0.39 is 9.84 Å². The van der Waals surface area contributed by atoms with Crippen LogP contribution < -0.4 is 4.74 Å². The Bertz CT molecular complexity index is 936. The van der Waals surface area contributed by atoms with Crippen LogP contribution in [0.25, 0.3) is 10.8 Å². The summed E-state index contributed by atoms with van der Waals surface area (Å²) in [5.74, 6) is 1.21. The molecule has 0 spiro atoms. The smallest absolute Gasteiger partial charge is 0.260 e.